The van der Waals surface area contributed by atoms with Crippen LogP contribution in [0.5, 0.6) is 0 Å². The number of benzene rings is 1. The number of hydrogen-bond acceptors (Lipinski definition) is 5. The Balaban J connectivity index is 1.93. The van der Waals surface area contributed by atoms with Crippen LogP contribution < -0.4 is 5.43 Å². The quantitative estimate of drug-likeness (QED) is 0.732. The summed E-state index contributed by atoms with van der Waals surface area (Å²) in [6.45, 7) is 2.68. The minimum absolute atomic E-state index is 0.121. The second kappa shape index (κ2) is 9.19. The van der Waals surface area contributed by atoms with Crippen LogP contribution in [0.3, 0.4) is 0 Å². The number of nitrogens with one attached hydrogen (secondary N) is 1. The van der Waals surface area contributed by atoms with Gasteiger partial charge in [-0.15, -0.1) is 0 Å². The fourth-order valence-corrected chi connectivity index (χ4v) is 3.05. The van der Waals surface area contributed by atoms with Crippen molar-refractivity contribution in [3.05, 3.63) is 35.9 Å². The Hall–Kier alpha value is -2.39. The van der Waals surface area contributed by atoms with Crippen molar-refractivity contribution in [2.45, 2.75) is 57.6 Å². The summed E-state index contributed by atoms with van der Waals surface area (Å²) < 4.78 is 5.19. The molecular formula is C19H25N3O3. The molecule has 134 valence electrons. The molecule has 1 atom stereocenters. The molecule has 0 aromatic heterocycles. The molecule has 0 radical (unpaired) electrons. The fraction of sp³-hybridized carbons (Fsp3) is 0.526. The lowest BCUT2D eigenvalue weighted by molar-refractivity contribution is -0.127. The molecule has 1 N–H and O–H groups in total. The van der Waals surface area contributed by atoms with Gasteiger partial charge < -0.3 is 4.74 Å². The number of carbonyl (C=O) groups excluding carboxylic acids is 2. The largest absolute Gasteiger partial charge is 0.444 e. The molecule has 0 bridgehead atoms. The lowest BCUT2D eigenvalue weighted by Gasteiger charge is -2.30. The molecule has 25 heavy (non-hydrogen) atoms. The van der Waals surface area contributed by atoms with Gasteiger partial charge in [0, 0.05) is 13.0 Å². The molecular weight excluding hydrogens is 318 g/mol. The van der Waals surface area contributed by atoms with Crippen molar-refractivity contribution in [2.24, 2.45) is 0 Å². The minimum atomic E-state index is -1.26. The molecule has 1 saturated heterocycles. The van der Waals surface area contributed by atoms with Gasteiger partial charge in [-0.3, -0.25) is 10.2 Å². The molecule has 1 unspecified atom stereocenters. The number of nitriles is 1. The molecule has 0 spiro atoms. The van der Waals surface area contributed by atoms with Crippen LogP contribution in [0.4, 0.5) is 4.79 Å². The molecule has 1 aromatic carbocycles. The lowest BCUT2D eigenvalue weighted by Crippen LogP contribution is -2.57. The second-order valence-corrected chi connectivity index (χ2v) is 6.28. The van der Waals surface area contributed by atoms with Crippen molar-refractivity contribution in [3.8, 4) is 6.07 Å². The number of rotatable bonds is 8. The van der Waals surface area contributed by atoms with Crippen molar-refractivity contribution >= 4 is 11.9 Å². The van der Waals surface area contributed by atoms with Crippen LogP contribution in [0, 0.1) is 11.3 Å². The molecule has 1 amide bonds. The molecule has 0 aliphatic carbocycles. The summed E-state index contributed by atoms with van der Waals surface area (Å²) in [5.41, 5.74) is 2.20. The fourth-order valence-electron chi connectivity index (χ4n) is 3.05. The van der Waals surface area contributed by atoms with Crippen molar-refractivity contribution in [1.29, 1.82) is 5.26 Å². The van der Waals surface area contributed by atoms with E-state index in [-0.39, 0.29) is 12.4 Å². The molecule has 1 aromatic rings. The number of amides is 1. The average Bonchev–Trinajstić information content (AvgIpc) is 3.04. The topological polar surface area (TPSA) is 82.4 Å². The molecule has 0 saturated carbocycles. The summed E-state index contributed by atoms with van der Waals surface area (Å²) in [6, 6.07) is 11.5. The first-order valence-electron chi connectivity index (χ1n) is 8.82. The third-order valence-corrected chi connectivity index (χ3v) is 4.47. The van der Waals surface area contributed by atoms with Crippen LogP contribution in [-0.2, 0) is 16.1 Å². The van der Waals surface area contributed by atoms with E-state index in [9.17, 15) is 14.9 Å². The van der Waals surface area contributed by atoms with Gasteiger partial charge in [-0.1, -0.05) is 50.1 Å². The maximum atomic E-state index is 12.6. The van der Waals surface area contributed by atoms with E-state index in [0.29, 0.717) is 25.8 Å². The van der Waals surface area contributed by atoms with Crippen LogP contribution >= 0.6 is 0 Å². The highest BCUT2D eigenvalue weighted by atomic mass is 16.6. The van der Waals surface area contributed by atoms with Gasteiger partial charge in [0.05, 0.1) is 6.07 Å². The van der Waals surface area contributed by atoms with Crippen LogP contribution in [-0.4, -0.2) is 29.0 Å². The third-order valence-electron chi connectivity index (χ3n) is 4.47. The molecule has 1 heterocycles. The molecule has 6 heteroatoms. The monoisotopic (exact) mass is 343 g/mol. The van der Waals surface area contributed by atoms with Crippen LogP contribution in [0.2, 0.25) is 0 Å². The van der Waals surface area contributed by atoms with Crippen molar-refractivity contribution in [1.82, 2.24) is 10.4 Å². The van der Waals surface area contributed by atoms with Gasteiger partial charge in [-0.2, -0.15) is 10.3 Å². The van der Waals surface area contributed by atoms with Gasteiger partial charge in [-0.05, 0) is 24.8 Å². The summed E-state index contributed by atoms with van der Waals surface area (Å²) in [5.74, 6) is -0.121. The van der Waals surface area contributed by atoms with E-state index in [1.165, 1.54) is 5.01 Å². The van der Waals surface area contributed by atoms with E-state index < -0.39 is 11.6 Å². The van der Waals surface area contributed by atoms with Crippen LogP contribution in [0.25, 0.3) is 0 Å². The van der Waals surface area contributed by atoms with Crippen LogP contribution in [0.15, 0.2) is 30.3 Å². The third kappa shape index (κ3) is 4.80. The Morgan fingerprint density at radius 1 is 1.32 bits per heavy atom. The molecule has 1 aliphatic rings. The highest BCUT2D eigenvalue weighted by Gasteiger charge is 2.48. The van der Waals surface area contributed by atoms with Crippen molar-refractivity contribution in [2.75, 3.05) is 6.54 Å². The van der Waals surface area contributed by atoms with Gasteiger partial charge in [-0.25, -0.2) is 4.79 Å². The zero-order chi connectivity index (χ0) is 18.1. The second-order valence-electron chi connectivity index (χ2n) is 6.28. The highest BCUT2D eigenvalue weighted by molar-refractivity contribution is 5.92. The number of nitrogens with zero attached hydrogens (tertiary/aromatic N) is 2. The van der Waals surface area contributed by atoms with Gasteiger partial charge in [0.2, 0.25) is 0 Å². The van der Waals surface area contributed by atoms with E-state index in [4.69, 9.17) is 4.74 Å². The standard InChI is InChI=1S/C19H25N3O3/c1-2-3-5-11-17(23)19(15-20)12-8-13-22(19)21-18(24)25-14-16-9-6-4-7-10-16/h4,6-7,9-10H,2-3,5,8,11-14H2,1H3,(H,21,24). The predicted molar refractivity (Wildman–Crippen MR) is 93.2 cm³/mol. The summed E-state index contributed by atoms with van der Waals surface area (Å²) in [6.07, 6.45) is 3.58. The maximum Gasteiger partial charge on any atom is 0.422 e. The molecule has 1 aliphatic heterocycles. The maximum absolute atomic E-state index is 12.6. The summed E-state index contributed by atoms with van der Waals surface area (Å²) >= 11 is 0. The first-order chi connectivity index (χ1) is 12.1. The SMILES string of the molecule is CCCCCC(=O)C1(C#N)CCCN1NC(=O)OCc1ccccc1. The van der Waals surface area contributed by atoms with Gasteiger partial charge in [0.1, 0.15) is 6.61 Å². The predicted octanol–water partition coefficient (Wildman–Crippen LogP) is 3.34. The van der Waals surface area contributed by atoms with E-state index >= 15 is 0 Å². The van der Waals surface area contributed by atoms with Gasteiger partial charge >= 0.3 is 6.09 Å². The number of carbonyl (C=O) groups is 2. The summed E-state index contributed by atoms with van der Waals surface area (Å²) in [5, 5.41) is 11.1. The smallest absolute Gasteiger partial charge is 0.422 e. The molecule has 1 fully saturated rings. The summed E-state index contributed by atoms with van der Waals surface area (Å²) in [4.78, 5) is 24.7. The van der Waals surface area contributed by atoms with E-state index in [1.807, 2.05) is 30.3 Å². The zero-order valence-electron chi connectivity index (χ0n) is 14.7. The lowest BCUT2D eigenvalue weighted by atomic mass is 9.90. The van der Waals surface area contributed by atoms with E-state index in [2.05, 4.69) is 18.4 Å². The number of Topliss-reactive ketones (excluding diaryl/α,β-unsaturated/α-hetero) is 1. The number of hydrazine groups is 1. The number of unbranched alkanes of at least 4 members (excludes halogenated alkanes) is 2. The summed E-state index contributed by atoms with van der Waals surface area (Å²) in [7, 11) is 0. The normalized spacial score (nSPS) is 20.0. The van der Waals surface area contributed by atoms with Gasteiger partial charge in [0.15, 0.2) is 11.3 Å². The van der Waals surface area contributed by atoms with Gasteiger partial charge in [0.25, 0.3) is 0 Å². The Morgan fingerprint density at radius 3 is 2.76 bits per heavy atom. The minimum Gasteiger partial charge on any atom is -0.444 e. The Kier molecular flexibility index (Phi) is 6.96. The number of ketones is 1. The van der Waals surface area contributed by atoms with E-state index in [1.54, 1.807) is 0 Å². The van der Waals surface area contributed by atoms with E-state index in [0.717, 1.165) is 24.8 Å². The zero-order valence-corrected chi connectivity index (χ0v) is 14.7. The highest BCUT2D eigenvalue weighted by Crippen LogP contribution is 2.30. The Bertz CT molecular complexity index is 627. The average molecular weight is 343 g/mol. The number of ether oxygens (including phenoxy) is 1. The first-order valence-corrected chi connectivity index (χ1v) is 8.82. The first kappa shape index (κ1) is 18.9. The Morgan fingerprint density at radius 2 is 2.08 bits per heavy atom. The van der Waals surface area contributed by atoms with Crippen LogP contribution in [0.1, 0.15) is 51.0 Å². The van der Waals surface area contributed by atoms with Crippen molar-refractivity contribution in [3.63, 3.8) is 0 Å². The molecule has 6 nitrogen and oxygen atoms in total. The molecule has 2 rings (SSSR count). The Labute approximate surface area is 148 Å². The van der Waals surface area contributed by atoms with Crippen molar-refractivity contribution < 1.29 is 14.3 Å². The number of hydrogen-bond donors (Lipinski definition) is 1.